The van der Waals surface area contributed by atoms with Crippen molar-refractivity contribution in [2.45, 2.75) is 17.3 Å². The minimum Gasteiger partial charge on any atom is -0.497 e. The average Bonchev–Trinajstić information content (AvgIpc) is 2.95. The van der Waals surface area contributed by atoms with Gasteiger partial charge in [0.2, 0.25) is 11.1 Å². The van der Waals surface area contributed by atoms with Gasteiger partial charge in [-0.05, 0) is 31.2 Å². The Morgan fingerprint density at radius 2 is 2.05 bits per heavy atom. The lowest BCUT2D eigenvalue weighted by molar-refractivity contribution is -0.119. The third kappa shape index (κ3) is 3.98. The van der Waals surface area contributed by atoms with Gasteiger partial charge in [-0.25, -0.2) is 9.78 Å². The van der Waals surface area contributed by atoms with Crippen molar-refractivity contribution in [1.29, 1.82) is 0 Å². The zero-order chi connectivity index (χ0) is 16.1. The maximum Gasteiger partial charge on any atom is 0.318 e. The van der Waals surface area contributed by atoms with Crippen LogP contribution < -0.4 is 15.8 Å². The van der Waals surface area contributed by atoms with E-state index < -0.39 is 17.2 Å². The third-order valence-corrected chi connectivity index (χ3v) is 3.69. The first-order valence-corrected chi connectivity index (χ1v) is 7.21. The zero-order valence-corrected chi connectivity index (χ0v) is 12.8. The normalized spacial score (nSPS) is 11.7. The standard InChI is InChI=1S/C13H15N5O3S/c1-7(11(19)16-12(14)20)22-13-15-10(17-18-13)8-3-5-9(21-2)6-4-8/h3-7H,1-2H3,(H,15,17,18)(H3,14,16,19,20)/t7-/m1/s1. The largest absolute Gasteiger partial charge is 0.497 e. The van der Waals surface area contributed by atoms with Crippen molar-refractivity contribution >= 4 is 23.7 Å². The molecule has 3 amide bonds. The number of carbonyl (C=O) groups excluding carboxylic acids is 2. The highest BCUT2D eigenvalue weighted by Gasteiger charge is 2.18. The fraction of sp³-hybridized carbons (Fsp3) is 0.231. The zero-order valence-electron chi connectivity index (χ0n) is 12.0. The van der Waals surface area contributed by atoms with Gasteiger partial charge in [-0.15, -0.1) is 5.10 Å². The number of hydrogen-bond acceptors (Lipinski definition) is 6. The Morgan fingerprint density at radius 3 is 2.64 bits per heavy atom. The van der Waals surface area contributed by atoms with Crippen LogP contribution in [0, 0.1) is 0 Å². The molecule has 116 valence electrons. The molecule has 0 unspecified atom stereocenters. The quantitative estimate of drug-likeness (QED) is 0.710. The second-order valence-electron chi connectivity index (χ2n) is 4.31. The Balaban J connectivity index is 2.04. The summed E-state index contributed by atoms with van der Waals surface area (Å²) < 4.78 is 5.09. The minimum absolute atomic E-state index is 0.401. The van der Waals surface area contributed by atoms with Crippen LogP contribution in [0.3, 0.4) is 0 Å². The summed E-state index contributed by atoms with van der Waals surface area (Å²) in [4.78, 5) is 26.5. The van der Waals surface area contributed by atoms with Crippen molar-refractivity contribution in [2.75, 3.05) is 7.11 Å². The van der Waals surface area contributed by atoms with Crippen molar-refractivity contribution in [3.63, 3.8) is 0 Å². The van der Waals surface area contributed by atoms with E-state index in [0.717, 1.165) is 23.1 Å². The van der Waals surface area contributed by atoms with Gasteiger partial charge in [-0.1, -0.05) is 11.8 Å². The maximum absolute atomic E-state index is 11.6. The highest BCUT2D eigenvalue weighted by molar-refractivity contribution is 8.00. The molecule has 22 heavy (non-hydrogen) atoms. The number of carbonyl (C=O) groups is 2. The van der Waals surface area contributed by atoms with Gasteiger partial charge in [0.15, 0.2) is 5.82 Å². The number of hydrogen-bond donors (Lipinski definition) is 3. The Kier molecular flexibility index (Phi) is 4.99. The predicted octanol–water partition coefficient (Wildman–Crippen LogP) is 1.16. The molecule has 0 saturated carbocycles. The number of primary amides is 1. The van der Waals surface area contributed by atoms with E-state index in [1.165, 1.54) is 0 Å². The molecule has 0 aliphatic heterocycles. The van der Waals surface area contributed by atoms with E-state index in [4.69, 9.17) is 10.5 Å². The SMILES string of the molecule is COc1ccc(-c2nc(S[C@H](C)C(=O)NC(N)=O)n[nH]2)cc1. The van der Waals surface area contributed by atoms with Crippen LogP contribution in [0.15, 0.2) is 29.4 Å². The molecule has 9 heteroatoms. The maximum atomic E-state index is 11.6. The second-order valence-corrected chi connectivity index (χ2v) is 5.62. The highest BCUT2D eigenvalue weighted by Crippen LogP contribution is 2.23. The number of thioether (sulfide) groups is 1. The molecule has 1 atom stereocenters. The molecule has 0 bridgehead atoms. The number of rotatable bonds is 5. The first-order chi connectivity index (χ1) is 10.5. The summed E-state index contributed by atoms with van der Waals surface area (Å²) in [6.07, 6.45) is 0. The third-order valence-electron chi connectivity index (χ3n) is 2.73. The lowest BCUT2D eigenvalue weighted by Crippen LogP contribution is -2.39. The van der Waals surface area contributed by atoms with Crippen LogP contribution in [0.5, 0.6) is 5.75 Å². The Hall–Kier alpha value is -2.55. The van der Waals surface area contributed by atoms with Gasteiger partial charge in [0, 0.05) is 5.56 Å². The number of methoxy groups -OCH3 is 1. The van der Waals surface area contributed by atoms with Crippen LogP contribution in [0.25, 0.3) is 11.4 Å². The van der Waals surface area contributed by atoms with Gasteiger partial charge in [-0.3, -0.25) is 15.2 Å². The number of nitrogens with one attached hydrogen (secondary N) is 2. The fourth-order valence-electron chi connectivity index (χ4n) is 1.61. The summed E-state index contributed by atoms with van der Waals surface area (Å²) in [5.74, 6) is 0.829. The molecule has 0 radical (unpaired) electrons. The Labute approximate surface area is 130 Å². The Morgan fingerprint density at radius 1 is 1.36 bits per heavy atom. The number of aromatic nitrogens is 3. The number of ether oxygens (including phenoxy) is 1. The second kappa shape index (κ2) is 6.94. The van der Waals surface area contributed by atoms with Crippen LogP contribution >= 0.6 is 11.8 Å². The van der Waals surface area contributed by atoms with E-state index in [9.17, 15) is 9.59 Å². The van der Waals surface area contributed by atoms with Crippen LogP contribution in [0.2, 0.25) is 0 Å². The van der Waals surface area contributed by atoms with Crippen molar-refractivity contribution in [1.82, 2.24) is 20.5 Å². The van der Waals surface area contributed by atoms with Gasteiger partial charge < -0.3 is 10.5 Å². The Bertz CT molecular complexity index is 671. The van der Waals surface area contributed by atoms with E-state index in [1.807, 2.05) is 29.6 Å². The molecular formula is C13H15N5O3S. The van der Waals surface area contributed by atoms with Gasteiger partial charge in [0.25, 0.3) is 0 Å². The lowest BCUT2D eigenvalue weighted by atomic mass is 10.2. The molecule has 0 spiro atoms. The molecule has 2 rings (SSSR count). The number of H-pyrrole nitrogens is 1. The molecular weight excluding hydrogens is 306 g/mol. The number of aromatic amines is 1. The van der Waals surface area contributed by atoms with Crippen LogP contribution in [0.1, 0.15) is 6.92 Å². The summed E-state index contributed by atoms with van der Waals surface area (Å²) in [6, 6.07) is 6.43. The van der Waals surface area contributed by atoms with Gasteiger partial charge in [-0.2, -0.15) is 0 Å². The summed E-state index contributed by atoms with van der Waals surface area (Å²) in [5.41, 5.74) is 5.74. The number of benzene rings is 1. The first kappa shape index (κ1) is 15.8. The van der Waals surface area contributed by atoms with E-state index in [1.54, 1.807) is 14.0 Å². The molecule has 1 heterocycles. The molecule has 0 aliphatic carbocycles. The summed E-state index contributed by atoms with van der Waals surface area (Å²) in [7, 11) is 1.59. The summed E-state index contributed by atoms with van der Waals surface area (Å²) >= 11 is 1.12. The summed E-state index contributed by atoms with van der Waals surface area (Å²) in [6.45, 7) is 1.63. The molecule has 0 aliphatic rings. The molecule has 1 aromatic carbocycles. The predicted molar refractivity (Wildman–Crippen MR) is 81.4 cm³/mol. The molecule has 4 N–H and O–H groups in total. The van der Waals surface area contributed by atoms with E-state index in [0.29, 0.717) is 11.0 Å². The minimum atomic E-state index is -0.883. The molecule has 2 aromatic rings. The molecule has 0 saturated heterocycles. The van der Waals surface area contributed by atoms with Crippen molar-refractivity contribution < 1.29 is 14.3 Å². The van der Waals surface area contributed by atoms with E-state index in [-0.39, 0.29) is 0 Å². The lowest BCUT2D eigenvalue weighted by Gasteiger charge is -2.06. The van der Waals surface area contributed by atoms with Crippen LogP contribution in [0.4, 0.5) is 4.79 Å². The summed E-state index contributed by atoms with van der Waals surface area (Å²) in [5, 5.41) is 8.70. The van der Waals surface area contributed by atoms with E-state index in [2.05, 4.69) is 15.2 Å². The smallest absolute Gasteiger partial charge is 0.318 e. The number of imide groups is 1. The van der Waals surface area contributed by atoms with Crippen molar-refractivity contribution in [2.24, 2.45) is 5.73 Å². The average molecular weight is 321 g/mol. The highest BCUT2D eigenvalue weighted by atomic mass is 32.2. The number of nitrogens with zero attached hydrogens (tertiary/aromatic N) is 2. The molecule has 1 aromatic heterocycles. The number of amides is 3. The fourth-order valence-corrected chi connectivity index (χ4v) is 2.34. The topological polar surface area (TPSA) is 123 Å². The molecule has 8 nitrogen and oxygen atoms in total. The van der Waals surface area contributed by atoms with Crippen molar-refractivity contribution in [3.8, 4) is 17.1 Å². The van der Waals surface area contributed by atoms with Crippen LogP contribution in [-0.2, 0) is 4.79 Å². The monoisotopic (exact) mass is 321 g/mol. The van der Waals surface area contributed by atoms with E-state index >= 15 is 0 Å². The van der Waals surface area contributed by atoms with Gasteiger partial charge in [0.1, 0.15) is 5.75 Å². The van der Waals surface area contributed by atoms with Crippen LogP contribution in [-0.4, -0.2) is 39.5 Å². The number of nitrogens with two attached hydrogens (primary N) is 1. The van der Waals surface area contributed by atoms with Crippen molar-refractivity contribution in [3.05, 3.63) is 24.3 Å². The molecule has 0 fully saturated rings. The first-order valence-electron chi connectivity index (χ1n) is 6.33. The number of urea groups is 1. The van der Waals surface area contributed by atoms with Gasteiger partial charge >= 0.3 is 6.03 Å². The van der Waals surface area contributed by atoms with Gasteiger partial charge in [0.05, 0.1) is 12.4 Å².